The molecule has 2 N–H and O–H groups in total. The summed E-state index contributed by atoms with van der Waals surface area (Å²) in [6.45, 7) is 9.78. The van der Waals surface area contributed by atoms with E-state index >= 15 is 0 Å². The second-order valence-electron chi connectivity index (χ2n) is 6.54. The zero-order chi connectivity index (χ0) is 24.3. The van der Waals surface area contributed by atoms with Crippen molar-refractivity contribution in [2.45, 2.75) is 46.6 Å². The van der Waals surface area contributed by atoms with Crippen LogP contribution in [0, 0.1) is 5.82 Å². The van der Waals surface area contributed by atoms with Gasteiger partial charge < -0.3 is 20.3 Å². The third-order valence-corrected chi connectivity index (χ3v) is 5.20. The van der Waals surface area contributed by atoms with Gasteiger partial charge in [-0.1, -0.05) is 50.9 Å². The van der Waals surface area contributed by atoms with Crippen LogP contribution in [0.5, 0.6) is 5.75 Å². The molecule has 0 unspecified atom stereocenters. The fourth-order valence-electron chi connectivity index (χ4n) is 2.94. The number of halogens is 3. The molecule has 0 aliphatic carbocycles. The summed E-state index contributed by atoms with van der Waals surface area (Å²) in [6.07, 6.45) is 2.98. The standard InChI is InChI=1S/C18H20Cl2FN5O2.2C2H6/c1-26-5-3-10(4-6-26)23-17(27)11-7-15(28-2)14(8-13(11)21)24-18-22-9-12(19)16(20)25-18;2*1-2/h7-10H,3-6H2,1-2H3,(H,23,27)(H,22,24,25);2*1-2H3. The normalized spacial score (nSPS) is 13.8. The SMILES string of the molecule is CC.CC.COc1cc(C(=O)NC2CCN(C)CC2)c(F)cc1Nc1ncc(Cl)c(Cl)n1. The monoisotopic (exact) mass is 487 g/mol. The molecule has 0 spiro atoms. The van der Waals surface area contributed by atoms with Crippen molar-refractivity contribution in [2.75, 3.05) is 32.6 Å². The Balaban J connectivity index is 0.00000121. The van der Waals surface area contributed by atoms with Gasteiger partial charge in [0.05, 0.1) is 29.6 Å². The minimum atomic E-state index is -0.686. The lowest BCUT2D eigenvalue weighted by molar-refractivity contribution is 0.0912. The van der Waals surface area contributed by atoms with E-state index in [1.165, 1.54) is 19.4 Å². The zero-order valence-electron chi connectivity index (χ0n) is 19.4. The molecule has 0 saturated carbocycles. The molecule has 1 fully saturated rings. The molecule has 1 aliphatic heterocycles. The van der Waals surface area contributed by atoms with Gasteiger partial charge in [0.2, 0.25) is 5.95 Å². The average molecular weight is 488 g/mol. The van der Waals surface area contributed by atoms with E-state index in [0.29, 0.717) is 0 Å². The van der Waals surface area contributed by atoms with Crippen molar-refractivity contribution >= 4 is 40.7 Å². The van der Waals surface area contributed by atoms with Gasteiger partial charge in [-0.2, -0.15) is 4.98 Å². The number of piperidine rings is 1. The number of rotatable bonds is 5. The first kappa shape index (κ1) is 27.9. The molecule has 32 heavy (non-hydrogen) atoms. The van der Waals surface area contributed by atoms with Crippen LogP contribution in [0.1, 0.15) is 50.9 Å². The van der Waals surface area contributed by atoms with E-state index < -0.39 is 11.7 Å². The van der Waals surface area contributed by atoms with Gasteiger partial charge in [-0.05, 0) is 39.0 Å². The molecule has 1 aromatic heterocycles. The fourth-order valence-corrected chi connectivity index (χ4v) is 3.16. The Kier molecular flexibility index (Phi) is 12.3. The van der Waals surface area contributed by atoms with E-state index in [9.17, 15) is 9.18 Å². The number of benzene rings is 1. The Hall–Kier alpha value is -2.16. The molecule has 1 aromatic carbocycles. The van der Waals surface area contributed by atoms with Crippen LogP contribution in [-0.4, -0.2) is 54.1 Å². The highest BCUT2D eigenvalue weighted by atomic mass is 35.5. The predicted octanol–water partition coefficient (Wildman–Crippen LogP) is 5.55. The summed E-state index contributed by atoms with van der Waals surface area (Å²) in [4.78, 5) is 22.7. The van der Waals surface area contributed by atoms with Crippen LogP contribution in [0.2, 0.25) is 10.2 Å². The van der Waals surface area contributed by atoms with Gasteiger partial charge in [-0.3, -0.25) is 4.79 Å². The lowest BCUT2D eigenvalue weighted by atomic mass is 10.0. The van der Waals surface area contributed by atoms with Crippen LogP contribution in [0.25, 0.3) is 0 Å². The highest BCUT2D eigenvalue weighted by Gasteiger charge is 2.22. The molecule has 0 radical (unpaired) electrons. The molecule has 1 saturated heterocycles. The van der Waals surface area contributed by atoms with Crippen LogP contribution < -0.4 is 15.4 Å². The van der Waals surface area contributed by atoms with Crippen molar-refractivity contribution in [3.63, 3.8) is 0 Å². The van der Waals surface area contributed by atoms with E-state index in [1.54, 1.807) is 0 Å². The first-order chi connectivity index (χ1) is 15.4. The number of ether oxygens (including phenoxy) is 1. The maximum atomic E-state index is 14.6. The summed E-state index contributed by atoms with van der Waals surface area (Å²) < 4.78 is 19.9. The van der Waals surface area contributed by atoms with E-state index in [-0.39, 0.29) is 39.2 Å². The van der Waals surface area contributed by atoms with Crippen LogP contribution in [-0.2, 0) is 0 Å². The molecule has 3 rings (SSSR count). The lowest BCUT2D eigenvalue weighted by Crippen LogP contribution is -2.43. The van der Waals surface area contributed by atoms with E-state index in [1.807, 2.05) is 34.7 Å². The van der Waals surface area contributed by atoms with Gasteiger partial charge in [0.15, 0.2) is 5.15 Å². The lowest BCUT2D eigenvalue weighted by Gasteiger charge is -2.29. The Morgan fingerprint density at radius 2 is 1.81 bits per heavy atom. The molecule has 2 aromatic rings. The smallest absolute Gasteiger partial charge is 0.254 e. The quantitative estimate of drug-likeness (QED) is 0.538. The topological polar surface area (TPSA) is 79.4 Å². The van der Waals surface area contributed by atoms with Gasteiger partial charge in [-0.25, -0.2) is 9.37 Å². The summed E-state index contributed by atoms with van der Waals surface area (Å²) in [6, 6.07) is 2.53. The van der Waals surface area contributed by atoms with Crippen molar-refractivity contribution < 1.29 is 13.9 Å². The average Bonchev–Trinajstić information content (AvgIpc) is 2.80. The maximum Gasteiger partial charge on any atom is 0.254 e. The van der Waals surface area contributed by atoms with E-state index in [2.05, 4.69) is 25.5 Å². The maximum absolute atomic E-state index is 14.6. The number of likely N-dealkylation sites (tertiary alicyclic amines) is 1. The highest BCUT2D eigenvalue weighted by molar-refractivity contribution is 6.41. The predicted molar refractivity (Wildman–Crippen MR) is 129 cm³/mol. The van der Waals surface area contributed by atoms with Crippen molar-refractivity contribution in [1.82, 2.24) is 20.2 Å². The van der Waals surface area contributed by atoms with Crippen molar-refractivity contribution in [3.8, 4) is 5.75 Å². The summed E-state index contributed by atoms with van der Waals surface area (Å²) in [5.74, 6) is -0.767. The molecule has 178 valence electrons. The van der Waals surface area contributed by atoms with Gasteiger partial charge in [-0.15, -0.1) is 0 Å². The number of hydrogen-bond donors (Lipinski definition) is 2. The van der Waals surface area contributed by atoms with Crippen LogP contribution in [0.4, 0.5) is 16.0 Å². The number of nitrogens with zero attached hydrogens (tertiary/aromatic N) is 3. The molecule has 2 heterocycles. The second kappa shape index (κ2) is 14.1. The van der Waals surface area contributed by atoms with Crippen molar-refractivity contribution in [1.29, 1.82) is 0 Å². The number of carbonyl (C=O) groups excluding carboxylic acids is 1. The van der Waals surface area contributed by atoms with Crippen molar-refractivity contribution in [2.24, 2.45) is 0 Å². The summed E-state index contributed by atoms with van der Waals surface area (Å²) in [5, 5.41) is 5.97. The summed E-state index contributed by atoms with van der Waals surface area (Å²) >= 11 is 11.7. The Labute approximate surface area is 199 Å². The third kappa shape index (κ3) is 7.76. The van der Waals surface area contributed by atoms with Crippen LogP contribution in [0.15, 0.2) is 18.3 Å². The first-order valence-electron chi connectivity index (χ1n) is 10.7. The van der Waals surface area contributed by atoms with E-state index in [0.717, 1.165) is 32.0 Å². The van der Waals surface area contributed by atoms with Gasteiger partial charge in [0, 0.05) is 12.1 Å². The van der Waals surface area contributed by atoms with Crippen molar-refractivity contribution in [3.05, 3.63) is 39.9 Å². The largest absolute Gasteiger partial charge is 0.495 e. The number of carbonyl (C=O) groups is 1. The Morgan fingerprint density at radius 3 is 2.38 bits per heavy atom. The number of hydrogen-bond acceptors (Lipinski definition) is 6. The number of methoxy groups -OCH3 is 1. The summed E-state index contributed by atoms with van der Waals surface area (Å²) in [5.41, 5.74) is 0.172. The van der Waals surface area contributed by atoms with E-state index in [4.69, 9.17) is 27.9 Å². The Bertz CT molecular complexity index is 878. The number of amides is 1. The number of anilines is 2. The number of aromatic nitrogens is 2. The molecule has 7 nitrogen and oxygen atoms in total. The van der Waals surface area contributed by atoms with Crippen LogP contribution in [0.3, 0.4) is 0 Å². The minimum absolute atomic E-state index is 0.0245. The molecule has 1 amide bonds. The first-order valence-corrected chi connectivity index (χ1v) is 11.4. The molecule has 0 atom stereocenters. The van der Waals surface area contributed by atoms with Gasteiger partial charge >= 0.3 is 0 Å². The zero-order valence-corrected chi connectivity index (χ0v) is 20.9. The molecule has 10 heteroatoms. The molecular formula is C22H32Cl2FN5O2. The van der Waals surface area contributed by atoms with Gasteiger partial charge in [0.1, 0.15) is 11.6 Å². The molecule has 1 aliphatic rings. The molecule has 0 bridgehead atoms. The third-order valence-electron chi connectivity index (χ3n) is 4.54. The van der Waals surface area contributed by atoms with Crippen LogP contribution >= 0.6 is 23.2 Å². The summed E-state index contributed by atoms with van der Waals surface area (Å²) in [7, 11) is 3.46. The fraction of sp³-hybridized carbons (Fsp3) is 0.500. The minimum Gasteiger partial charge on any atom is -0.495 e. The number of nitrogens with one attached hydrogen (secondary N) is 2. The van der Waals surface area contributed by atoms with Gasteiger partial charge in [0.25, 0.3) is 5.91 Å². The highest BCUT2D eigenvalue weighted by Crippen LogP contribution is 2.31. The second-order valence-corrected chi connectivity index (χ2v) is 7.31. The molecular weight excluding hydrogens is 456 g/mol. The Morgan fingerprint density at radius 1 is 1.19 bits per heavy atom.